The van der Waals surface area contributed by atoms with Crippen LogP contribution in [0.15, 0.2) is 24.3 Å². The molecule has 0 aliphatic rings. The van der Waals surface area contributed by atoms with Crippen molar-refractivity contribution in [3.63, 3.8) is 0 Å². The quantitative estimate of drug-likeness (QED) is 0.519. The number of halogens is 5. The Morgan fingerprint density at radius 1 is 0.714 bits per heavy atom. The summed E-state index contributed by atoms with van der Waals surface area (Å²) in [4.78, 5) is 1.79. The first-order valence-electron chi connectivity index (χ1n) is 5.88. The van der Waals surface area contributed by atoms with Gasteiger partial charge in [-0.1, -0.05) is 0 Å². The van der Waals surface area contributed by atoms with Gasteiger partial charge < -0.3 is 10.2 Å². The van der Waals surface area contributed by atoms with Gasteiger partial charge in [-0.15, -0.1) is 0 Å². The minimum atomic E-state index is -2.18. The normalized spacial score (nSPS) is 10.6. The lowest BCUT2D eigenvalue weighted by Gasteiger charge is -2.14. The molecular formula is C14H11F5N2. The van der Waals surface area contributed by atoms with E-state index >= 15 is 0 Å². The fourth-order valence-corrected chi connectivity index (χ4v) is 1.70. The van der Waals surface area contributed by atoms with Crippen LogP contribution in [0.4, 0.5) is 39.0 Å². The zero-order valence-corrected chi connectivity index (χ0v) is 11.1. The number of benzene rings is 2. The van der Waals surface area contributed by atoms with Crippen molar-refractivity contribution in [2.24, 2.45) is 0 Å². The molecule has 0 saturated heterocycles. The minimum absolute atomic E-state index is 0.198. The number of hydrogen-bond donors (Lipinski definition) is 1. The van der Waals surface area contributed by atoms with E-state index in [4.69, 9.17) is 0 Å². The number of hydrogen-bond acceptors (Lipinski definition) is 2. The molecule has 0 bridgehead atoms. The van der Waals surface area contributed by atoms with Crippen molar-refractivity contribution in [3.05, 3.63) is 53.4 Å². The van der Waals surface area contributed by atoms with E-state index in [0.29, 0.717) is 0 Å². The lowest BCUT2D eigenvalue weighted by atomic mass is 10.2. The molecular weight excluding hydrogens is 291 g/mol. The van der Waals surface area contributed by atoms with Crippen LogP contribution in [-0.2, 0) is 0 Å². The van der Waals surface area contributed by atoms with Gasteiger partial charge >= 0.3 is 0 Å². The molecule has 0 aliphatic heterocycles. The van der Waals surface area contributed by atoms with E-state index in [1.807, 2.05) is 0 Å². The molecule has 0 heterocycles. The van der Waals surface area contributed by atoms with Gasteiger partial charge in [0.15, 0.2) is 23.3 Å². The first-order valence-corrected chi connectivity index (χ1v) is 5.88. The second-order valence-corrected chi connectivity index (χ2v) is 4.51. The molecule has 112 valence electrons. The summed E-state index contributed by atoms with van der Waals surface area (Å²) in [6.45, 7) is 0. The van der Waals surface area contributed by atoms with Crippen LogP contribution in [0.2, 0.25) is 0 Å². The van der Waals surface area contributed by atoms with Crippen LogP contribution in [0.25, 0.3) is 0 Å². The van der Waals surface area contributed by atoms with Gasteiger partial charge in [-0.3, -0.25) is 0 Å². The molecule has 21 heavy (non-hydrogen) atoms. The molecule has 0 amide bonds. The summed E-state index contributed by atoms with van der Waals surface area (Å²) in [5, 5.41) is 2.20. The van der Waals surface area contributed by atoms with Gasteiger partial charge in [0.1, 0.15) is 5.69 Å². The highest BCUT2D eigenvalue weighted by molar-refractivity contribution is 5.64. The average Bonchev–Trinajstić information content (AvgIpc) is 2.48. The lowest BCUT2D eigenvalue weighted by molar-refractivity contribution is 0.382. The predicted molar refractivity (Wildman–Crippen MR) is 70.3 cm³/mol. The first kappa shape index (κ1) is 15.1. The Hall–Kier alpha value is -2.31. The third-order valence-electron chi connectivity index (χ3n) is 2.86. The van der Waals surface area contributed by atoms with Gasteiger partial charge in [-0.05, 0) is 24.3 Å². The van der Waals surface area contributed by atoms with Crippen molar-refractivity contribution < 1.29 is 22.0 Å². The van der Waals surface area contributed by atoms with Crippen molar-refractivity contribution in [3.8, 4) is 0 Å². The largest absolute Gasteiger partial charge is 0.378 e. The summed E-state index contributed by atoms with van der Waals surface area (Å²) >= 11 is 0. The molecule has 0 atom stereocenters. The summed E-state index contributed by atoms with van der Waals surface area (Å²) in [5.41, 5.74) is -0.0641. The van der Waals surface area contributed by atoms with E-state index in [9.17, 15) is 22.0 Å². The highest BCUT2D eigenvalue weighted by Crippen LogP contribution is 2.30. The average molecular weight is 302 g/mol. The van der Waals surface area contributed by atoms with Gasteiger partial charge in [0.25, 0.3) is 0 Å². The molecule has 1 N–H and O–H groups in total. The van der Waals surface area contributed by atoms with Crippen molar-refractivity contribution >= 4 is 17.1 Å². The number of nitrogens with zero attached hydrogens (tertiary/aromatic N) is 1. The number of nitrogens with one attached hydrogen (secondary N) is 1. The Bertz CT molecular complexity index is 639. The molecule has 7 heteroatoms. The van der Waals surface area contributed by atoms with E-state index in [1.54, 1.807) is 31.1 Å². The zero-order chi connectivity index (χ0) is 15.7. The van der Waals surface area contributed by atoms with Gasteiger partial charge in [0.2, 0.25) is 5.82 Å². The summed E-state index contributed by atoms with van der Waals surface area (Å²) in [7, 11) is 3.60. The molecule has 2 aromatic carbocycles. The molecule has 0 radical (unpaired) electrons. The summed E-state index contributed by atoms with van der Waals surface area (Å²) in [6, 6.07) is 6.20. The van der Waals surface area contributed by atoms with Gasteiger partial charge in [0.05, 0.1) is 0 Å². The van der Waals surface area contributed by atoms with Crippen LogP contribution in [0.5, 0.6) is 0 Å². The third-order valence-corrected chi connectivity index (χ3v) is 2.86. The van der Waals surface area contributed by atoms with Gasteiger partial charge in [-0.2, -0.15) is 0 Å². The Morgan fingerprint density at radius 2 is 1.14 bits per heavy atom. The van der Waals surface area contributed by atoms with E-state index in [1.165, 1.54) is 12.1 Å². The second kappa shape index (κ2) is 5.59. The minimum Gasteiger partial charge on any atom is -0.378 e. The maximum absolute atomic E-state index is 13.5. The molecule has 0 fully saturated rings. The van der Waals surface area contributed by atoms with E-state index in [0.717, 1.165) is 5.69 Å². The van der Waals surface area contributed by atoms with Crippen LogP contribution in [-0.4, -0.2) is 14.1 Å². The Labute approximate surface area is 117 Å². The monoisotopic (exact) mass is 302 g/mol. The van der Waals surface area contributed by atoms with Crippen LogP contribution in [0.3, 0.4) is 0 Å². The highest BCUT2D eigenvalue weighted by Gasteiger charge is 2.25. The predicted octanol–water partition coefficient (Wildman–Crippen LogP) is 4.19. The summed E-state index contributed by atoms with van der Waals surface area (Å²) < 4.78 is 66.1. The fourth-order valence-electron chi connectivity index (χ4n) is 1.70. The maximum Gasteiger partial charge on any atom is 0.200 e. The lowest BCUT2D eigenvalue weighted by Crippen LogP contribution is -2.09. The van der Waals surface area contributed by atoms with Crippen molar-refractivity contribution in [2.45, 2.75) is 0 Å². The molecule has 0 aliphatic carbocycles. The van der Waals surface area contributed by atoms with Crippen molar-refractivity contribution in [1.29, 1.82) is 0 Å². The molecule has 2 rings (SSSR count). The first-order chi connectivity index (χ1) is 9.82. The smallest absolute Gasteiger partial charge is 0.200 e. The van der Waals surface area contributed by atoms with Crippen LogP contribution < -0.4 is 10.2 Å². The summed E-state index contributed by atoms with van der Waals surface area (Å²) in [6.07, 6.45) is 0. The van der Waals surface area contributed by atoms with Crippen molar-refractivity contribution in [1.82, 2.24) is 0 Å². The van der Waals surface area contributed by atoms with Crippen LogP contribution in [0.1, 0.15) is 0 Å². The molecule has 2 aromatic rings. The van der Waals surface area contributed by atoms with Gasteiger partial charge in [0, 0.05) is 25.5 Å². The van der Waals surface area contributed by atoms with Gasteiger partial charge in [-0.25, -0.2) is 22.0 Å². The Kier molecular flexibility index (Phi) is 4.02. The molecule has 0 aromatic heterocycles. The summed E-state index contributed by atoms with van der Waals surface area (Å²) in [5.74, 6) is -9.95. The molecule has 0 spiro atoms. The highest BCUT2D eigenvalue weighted by atomic mass is 19.2. The van der Waals surface area contributed by atoms with Crippen LogP contribution in [0, 0.1) is 29.1 Å². The SMILES string of the molecule is CN(C)c1ccc(Nc2c(F)c(F)c(F)c(F)c2F)cc1. The topological polar surface area (TPSA) is 15.3 Å². The van der Waals surface area contributed by atoms with E-state index in [-0.39, 0.29) is 5.69 Å². The third kappa shape index (κ3) is 2.76. The Morgan fingerprint density at radius 3 is 1.57 bits per heavy atom. The number of anilines is 3. The number of rotatable bonds is 3. The van der Waals surface area contributed by atoms with E-state index in [2.05, 4.69) is 5.32 Å². The Balaban J connectivity index is 2.40. The van der Waals surface area contributed by atoms with Crippen LogP contribution >= 0.6 is 0 Å². The molecule has 0 saturated carbocycles. The second-order valence-electron chi connectivity index (χ2n) is 4.51. The maximum atomic E-state index is 13.5. The van der Waals surface area contributed by atoms with Crippen molar-refractivity contribution in [2.75, 3.05) is 24.3 Å². The zero-order valence-electron chi connectivity index (χ0n) is 11.1. The van der Waals surface area contributed by atoms with E-state index < -0.39 is 34.8 Å². The standard InChI is InChI=1S/C14H11F5N2/c1-21(2)8-5-3-7(4-6-8)20-14-12(18)10(16)9(15)11(17)13(14)19/h3-6,20H,1-2H3. The molecule has 2 nitrogen and oxygen atoms in total. The fraction of sp³-hybridized carbons (Fsp3) is 0.143. The molecule has 0 unspecified atom stereocenters.